The van der Waals surface area contributed by atoms with Crippen LogP contribution in [0.25, 0.3) is 0 Å². The lowest BCUT2D eigenvalue weighted by Gasteiger charge is -2.31. The van der Waals surface area contributed by atoms with Gasteiger partial charge in [0.25, 0.3) is 0 Å². The molecule has 0 aromatic heterocycles. The average molecular weight is 319 g/mol. The summed E-state index contributed by atoms with van der Waals surface area (Å²) in [6, 6.07) is 7.82. The number of hydrogen-bond acceptors (Lipinski definition) is 2. The number of allylic oxidation sites excluding steroid dienone is 1. The first-order valence-corrected chi connectivity index (χ1v) is 13.5. The highest BCUT2D eigenvalue weighted by molar-refractivity contribution is 7.02. The molecule has 0 amide bonds. The topological polar surface area (TPSA) is 18.5 Å². The van der Waals surface area contributed by atoms with Crippen molar-refractivity contribution >= 4 is 16.4 Å². The van der Waals surface area contributed by atoms with Gasteiger partial charge in [0, 0.05) is 12.7 Å². The number of methoxy groups -OCH3 is 1. The summed E-state index contributed by atoms with van der Waals surface area (Å²) in [5.74, 6) is 7.28. The zero-order valence-electron chi connectivity index (χ0n) is 14.2. The molecule has 1 aromatic carbocycles. The molecule has 0 radical (unpaired) electrons. The lowest BCUT2D eigenvalue weighted by Crippen LogP contribution is -2.44. The Morgan fingerprint density at radius 3 is 2.00 bits per heavy atom. The molecular formula is C17H26O2Si2. The maximum atomic E-state index is 5.78. The Morgan fingerprint density at radius 2 is 1.57 bits per heavy atom. The van der Waals surface area contributed by atoms with Gasteiger partial charge in [-0.3, -0.25) is 0 Å². The molecule has 0 saturated carbocycles. The van der Waals surface area contributed by atoms with Gasteiger partial charge in [0.1, 0.15) is 5.75 Å². The van der Waals surface area contributed by atoms with Crippen LogP contribution in [0.4, 0.5) is 0 Å². The maximum absolute atomic E-state index is 5.78. The van der Waals surface area contributed by atoms with Crippen LogP contribution in [0.1, 0.15) is 5.56 Å². The van der Waals surface area contributed by atoms with Crippen LogP contribution < -0.4 is 4.74 Å². The van der Waals surface area contributed by atoms with Crippen molar-refractivity contribution in [2.24, 2.45) is 0 Å². The quantitative estimate of drug-likeness (QED) is 0.610. The molecule has 0 aliphatic carbocycles. The molecule has 0 atom stereocenters. The molecule has 0 fully saturated rings. The van der Waals surface area contributed by atoms with E-state index in [0.717, 1.165) is 11.3 Å². The number of ether oxygens (including phenoxy) is 1. The van der Waals surface area contributed by atoms with Gasteiger partial charge in [-0.25, -0.2) is 0 Å². The molecule has 114 valence electrons. The second-order valence-electron chi connectivity index (χ2n) is 6.52. The molecule has 0 bridgehead atoms. The summed E-state index contributed by atoms with van der Waals surface area (Å²) in [6.45, 7) is 11.5. The Balaban J connectivity index is 3.06. The monoisotopic (exact) mass is 318 g/mol. The molecule has 0 aliphatic heterocycles. The van der Waals surface area contributed by atoms with E-state index in [-0.39, 0.29) is 0 Å². The normalized spacial score (nSPS) is 12.6. The molecule has 1 aromatic rings. The van der Waals surface area contributed by atoms with Gasteiger partial charge in [0.05, 0.1) is 15.2 Å². The molecule has 0 unspecified atom stereocenters. The molecule has 0 saturated heterocycles. The molecular weight excluding hydrogens is 292 g/mol. The third-order valence-corrected chi connectivity index (χ3v) is 11.8. The van der Waals surface area contributed by atoms with Crippen LogP contribution in [-0.4, -0.2) is 30.6 Å². The highest BCUT2D eigenvalue weighted by Crippen LogP contribution is 2.25. The van der Waals surface area contributed by atoms with Gasteiger partial charge in [0.2, 0.25) is 8.32 Å². The summed E-state index contributed by atoms with van der Waals surface area (Å²) >= 11 is 0. The fraction of sp³-hybridized carbons (Fsp3) is 0.412. The lowest BCUT2D eigenvalue weighted by atomic mass is 10.2. The number of rotatable bonds is 4. The Labute approximate surface area is 131 Å². The highest BCUT2D eigenvalue weighted by atomic mass is 28.4. The van der Waals surface area contributed by atoms with Gasteiger partial charge in [-0.1, -0.05) is 36.3 Å². The molecule has 1 rings (SSSR count). The number of hydrogen-bond donors (Lipinski definition) is 0. The van der Waals surface area contributed by atoms with E-state index in [2.05, 4.69) is 50.7 Å². The lowest BCUT2D eigenvalue weighted by molar-refractivity contribution is 0.414. The van der Waals surface area contributed by atoms with E-state index in [1.807, 2.05) is 31.4 Å². The summed E-state index contributed by atoms with van der Waals surface area (Å²) in [5, 5.41) is 0. The Kier molecular flexibility index (Phi) is 6.02. The van der Waals surface area contributed by atoms with Crippen LogP contribution in [0.2, 0.25) is 32.7 Å². The summed E-state index contributed by atoms with van der Waals surface area (Å²) in [4.78, 5) is 1.46. The van der Waals surface area contributed by atoms with Crippen LogP contribution in [0.3, 0.4) is 0 Å². The smallest absolute Gasteiger partial charge is 0.210 e. The molecule has 0 heterocycles. The van der Waals surface area contributed by atoms with E-state index < -0.39 is 16.4 Å². The molecule has 2 nitrogen and oxygen atoms in total. The highest BCUT2D eigenvalue weighted by Gasteiger charge is 2.35. The summed E-state index contributed by atoms with van der Waals surface area (Å²) in [5.41, 5.74) is 0.999. The fourth-order valence-corrected chi connectivity index (χ4v) is 10.9. The van der Waals surface area contributed by atoms with Crippen LogP contribution in [0, 0.1) is 11.8 Å². The maximum Gasteiger partial charge on any atom is 0.210 e. The predicted octanol–water partition coefficient (Wildman–Crippen LogP) is 4.24. The standard InChI is InChI=1S/C17H26O2Si2/c1-18-16-13-11-15(12-14-16)9-8-10-17(20(3,4)5)21(6,7)19-2/h10-14H,1-7H3/b17-10+. The zero-order chi connectivity index (χ0) is 16.1. The van der Waals surface area contributed by atoms with Crippen molar-refractivity contribution in [3.8, 4) is 17.6 Å². The van der Waals surface area contributed by atoms with Crippen LogP contribution in [0.5, 0.6) is 5.75 Å². The van der Waals surface area contributed by atoms with Gasteiger partial charge >= 0.3 is 0 Å². The first-order chi connectivity index (χ1) is 9.70. The zero-order valence-corrected chi connectivity index (χ0v) is 16.2. The third-order valence-electron chi connectivity index (χ3n) is 3.49. The minimum Gasteiger partial charge on any atom is -0.497 e. The van der Waals surface area contributed by atoms with Crippen molar-refractivity contribution in [3.63, 3.8) is 0 Å². The van der Waals surface area contributed by atoms with Gasteiger partial charge < -0.3 is 9.16 Å². The fourth-order valence-electron chi connectivity index (χ4n) is 2.27. The van der Waals surface area contributed by atoms with E-state index in [0.29, 0.717) is 0 Å². The average Bonchev–Trinajstić information content (AvgIpc) is 2.42. The third kappa shape index (κ3) is 5.20. The van der Waals surface area contributed by atoms with Crippen LogP contribution in [0.15, 0.2) is 35.2 Å². The second-order valence-corrected chi connectivity index (χ2v) is 16.0. The van der Waals surface area contributed by atoms with Crippen molar-refractivity contribution in [3.05, 3.63) is 40.7 Å². The second kappa shape index (κ2) is 7.12. The van der Waals surface area contributed by atoms with Crippen molar-refractivity contribution in [1.29, 1.82) is 0 Å². The predicted molar refractivity (Wildman–Crippen MR) is 95.8 cm³/mol. The van der Waals surface area contributed by atoms with Gasteiger partial charge in [-0.15, -0.1) is 0 Å². The van der Waals surface area contributed by atoms with Crippen molar-refractivity contribution in [2.75, 3.05) is 14.2 Å². The van der Waals surface area contributed by atoms with Gasteiger partial charge in [-0.05, 0) is 43.4 Å². The SMILES string of the molecule is COc1ccc(C#C/C=C(\[Si](C)(C)C)[Si](C)(C)OC)cc1. The molecule has 0 spiro atoms. The van der Waals surface area contributed by atoms with E-state index in [4.69, 9.17) is 9.16 Å². The minimum atomic E-state index is -1.79. The summed E-state index contributed by atoms with van der Waals surface area (Å²) in [6.07, 6.45) is 2.10. The van der Waals surface area contributed by atoms with Crippen molar-refractivity contribution < 1.29 is 9.16 Å². The molecule has 4 heteroatoms. The van der Waals surface area contributed by atoms with Crippen LogP contribution >= 0.6 is 0 Å². The van der Waals surface area contributed by atoms with Crippen LogP contribution in [-0.2, 0) is 4.43 Å². The van der Waals surface area contributed by atoms with Gasteiger partial charge in [0.15, 0.2) is 0 Å². The number of benzene rings is 1. The minimum absolute atomic E-state index is 0.854. The molecule has 0 N–H and O–H groups in total. The Morgan fingerprint density at radius 1 is 1.00 bits per heavy atom. The van der Waals surface area contributed by atoms with E-state index in [9.17, 15) is 0 Å². The largest absolute Gasteiger partial charge is 0.497 e. The Bertz CT molecular complexity index is 555. The van der Waals surface area contributed by atoms with E-state index in [1.54, 1.807) is 7.11 Å². The molecule has 21 heavy (non-hydrogen) atoms. The van der Waals surface area contributed by atoms with Crippen molar-refractivity contribution in [1.82, 2.24) is 0 Å². The van der Waals surface area contributed by atoms with Crippen molar-refractivity contribution in [2.45, 2.75) is 32.7 Å². The first-order valence-electron chi connectivity index (χ1n) is 7.12. The first kappa shape index (κ1) is 17.8. The van der Waals surface area contributed by atoms with E-state index >= 15 is 0 Å². The summed E-state index contributed by atoms with van der Waals surface area (Å²) in [7, 11) is 0.269. The van der Waals surface area contributed by atoms with E-state index in [1.165, 1.54) is 4.82 Å². The van der Waals surface area contributed by atoms with Gasteiger partial charge in [-0.2, -0.15) is 0 Å². The summed E-state index contributed by atoms with van der Waals surface area (Å²) < 4.78 is 10.9. The Hall–Kier alpha value is -1.29. The molecule has 0 aliphatic rings.